The molecular weight excluding hydrogens is 634 g/mol. The van der Waals surface area contributed by atoms with E-state index in [0.717, 1.165) is 64.3 Å². The van der Waals surface area contributed by atoms with E-state index in [-0.39, 0.29) is 31.1 Å². The van der Waals surface area contributed by atoms with E-state index in [9.17, 15) is 24.0 Å². The van der Waals surface area contributed by atoms with Crippen molar-refractivity contribution in [3.05, 3.63) is 0 Å². The van der Waals surface area contributed by atoms with Crippen LogP contribution in [-0.4, -0.2) is 105 Å². The normalized spacial score (nSPS) is 11.7. The van der Waals surface area contributed by atoms with Crippen LogP contribution in [-0.2, 0) is 38.2 Å². The van der Waals surface area contributed by atoms with Crippen molar-refractivity contribution in [2.75, 3.05) is 59.3 Å². The first-order chi connectivity index (χ1) is 23.7. The molecule has 1 atom stereocenters. The second-order valence-electron chi connectivity index (χ2n) is 12.6. The molecular formula is C36H67N3O10. The number of carbonyl (C=O) groups is 5. The SMILES string of the molecule is CC(=O)CC[C@H](NC(=O)COCCNCCCOCCCCOCCCNC(=O)CCCCCCCCCCCCCCC(=O)O)C(=O)O. The van der Waals surface area contributed by atoms with Gasteiger partial charge >= 0.3 is 11.9 Å². The molecule has 13 nitrogen and oxygen atoms in total. The van der Waals surface area contributed by atoms with Crippen LogP contribution in [0.1, 0.15) is 135 Å². The molecule has 0 unspecified atom stereocenters. The fourth-order valence-corrected chi connectivity index (χ4v) is 5.01. The smallest absolute Gasteiger partial charge is 0.326 e. The molecule has 0 spiro atoms. The Labute approximate surface area is 294 Å². The lowest BCUT2D eigenvalue weighted by molar-refractivity contribution is -0.143. The maximum absolute atomic E-state index is 12.0. The van der Waals surface area contributed by atoms with Gasteiger partial charge in [0.05, 0.1) is 6.61 Å². The Morgan fingerprint density at radius 1 is 0.531 bits per heavy atom. The number of ketones is 1. The fourth-order valence-electron chi connectivity index (χ4n) is 5.01. The standard InChI is InChI=1S/C36H67N3O10/c1-31(40)20-21-32(36(45)46)39-34(42)30-49-29-24-37-22-16-27-47-25-14-15-26-48-28-17-23-38-33(41)18-12-10-8-6-4-2-3-5-7-9-11-13-19-35(43)44/h32,37H,2-30H2,1H3,(H,38,41)(H,39,42)(H,43,44)(H,45,46)/t32-/m0/s1. The molecule has 0 aromatic heterocycles. The first-order valence-electron chi connectivity index (χ1n) is 18.7. The summed E-state index contributed by atoms with van der Waals surface area (Å²) in [6.45, 7) is 6.06. The molecule has 0 heterocycles. The van der Waals surface area contributed by atoms with Crippen molar-refractivity contribution in [1.29, 1.82) is 0 Å². The number of hydrogen-bond acceptors (Lipinski definition) is 9. The Bertz CT molecular complexity index is 859. The van der Waals surface area contributed by atoms with Gasteiger partial charge in [0.15, 0.2) is 0 Å². The summed E-state index contributed by atoms with van der Waals surface area (Å²) in [4.78, 5) is 56.5. The number of Topliss-reactive ketones (excluding diaryl/α,β-unsaturated/α-hetero) is 1. The summed E-state index contributed by atoms with van der Waals surface area (Å²) in [5, 5.41) is 26.3. The average Bonchev–Trinajstić information content (AvgIpc) is 3.05. The third-order valence-electron chi connectivity index (χ3n) is 7.88. The molecule has 0 aliphatic heterocycles. The maximum Gasteiger partial charge on any atom is 0.326 e. The van der Waals surface area contributed by atoms with Crippen molar-refractivity contribution in [3.63, 3.8) is 0 Å². The quantitative estimate of drug-likeness (QED) is 0.0557. The first kappa shape index (κ1) is 46.4. The monoisotopic (exact) mass is 701 g/mol. The van der Waals surface area contributed by atoms with E-state index in [1.165, 1.54) is 51.9 Å². The largest absolute Gasteiger partial charge is 0.481 e. The molecule has 0 bridgehead atoms. The van der Waals surface area contributed by atoms with Crippen LogP contribution in [0.15, 0.2) is 0 Å². The molecule has 13 heteroatoms. The van der Waals surface area contributed by atoms with Gasteiger partial charge < -0.3 is 45.2 Å². The lowest BCUT2D eigenvalue weighted by atomic mass is 10.0. The van der Waals surface area contributed by atoms with Gasteiger partial charge in [-0.15, -0.1) is 0 Å². The van der Waals surface area contributed by atoms with E-state index in [1.54, 1.807) is 0 Å². The number of hydrogen-bond donors (Lipinski definition) is 5. The summed E-state index contributed by atoms with van der Waals surface area (Å²) >= 11 is 0. The predicted molar refractivity (Wildman–Crippen MR) is 189 cm³/mol. The molecule has 0 rings (SSSR count). The van der Waals surface area contributed by atoms with Gasteiger partial charge in [0.2, 0.25) is 11.8 Å². The van der Waals surface area contributed by atoms with Gasteiger partial charge in [-0.1, -0.05) is 64.2 Å². The molecule has 286 valence electrons. The van der Waals surface area contributed by atoms with Gasteiger partial charge in [0, 0.05) is 58.8 Å². The molecule has 0 radical (unpaired) electrons. The Kier molecular flexibility index (Phi) is 33.3. The minimum atomic E-state index is -1.17. The first-order valence-corrected chi connectivity index (χ1v) is 18.7. The number of nitrogens with one attached hydrogen (secondary N) is 3. The number of amides is 2. The summed E-state index contributed by atoms with van der Waals surface area (Å²) in [6, 6.07) is -1.10. The maximum atomic E-state index is 12.0. The van der Waals surface area contributed by atoms with Crippen LogP contribution in [0.25, 0.3) is 0 Å². The van der Waals surface area contributed by atoms with Gasteiger partial charge in [-0.3, -0.25) is 14.4 Å². The van der Waals surface area contributed by atoms with Gasteiger partial charge in [-0.2, -0.15) is 0 Å². The fraction of sp³-hybridized carbons (Fsp3) is 0.861. The molecule has 49 heavy (non-hydrogen) atoms. The molecule has 0 aliphatic carbocycles. The number of ether oxygens (including phenoxy) is 3. The number of rotatable bonds is 38. The molecule has 0 fully saturated rings. The number of carboxylic acid groups (broad SMARTS) is 2. The van der Waals surface area contributed by atoms with Crippen LogP contribution in [0.3, 0.4) is 0 Å². The van der Waals surface area contributed by atoms with Crippen LogP contribution in [0, 0.1) is 0 Å². The van der Waals surface area contributed by atoms with E-state index >= 15 is 0 Å². The summed E-state index contributed by atoms with van der Waals surface area (Å²) in [5.74, 6) is -2.39. The highest BCUT2D eigenvalue weighted by atomic mass is 16.5. The third-order valence-corrected chi connectivity index (χ3v) is 7.88. The summed E-state index contributed by atoms with van der Waals surface area (Å²) in [7, 11) is 0. The molecule has 0 saturated carbocycles. The molecule has 5 N–H and O–H groups in total. The van der Waals surface area contributed by atoms with Crippen LogP contribution < -0.4 is 16.0 Å². The van der Waals surface area contributed by atoms with Crippen molar-refractivity contribution in [2.24, 2.45) is 0 Å². The van der Waals surface area contributed by atoms with Crippen LogP contribution in [0.4, 0.5) is 0 Å². The summed E-state index contributed by atoms with van der Waals surface area (Å²) in [6.07, 6.45) is 18.2. The number of aliphatic carboxylic acids is 2. The zero-order valence-electron chi connectivity index (χ0n) is 30.2. The predicted octanol–water partition coefficient (Wildman–Crippen LogP) is 4.79. The Balaban J connectivity index is 3.32. The van der Waals surface area contributed by atoms with Gasteiger partial charge in [0.1, 0.15) is 18.4 Å². The highest BCUT2D eigenvalue weighted by Crippen LogP contribution is 2.13. The molecule has 0 aromatic rings. The molecule has 0 saturated heterocycles. The highest BCUT2D eigenvalue weighted by molar-refractivity contribution is 5.85. The zero-order chi connectivity index (χ0) is 36.2. The van der Waals surface area contributed by atoms with E-state index < -0.39 is 23.9 Å². The molecule has 0 aromatic carbocycles. The zero-order valence-corrected chi connectivity index (χ0v) is 30.2. The van der Waals surface area contributed by atoms with E-state index in [0.29, 0.717) is 59.0 Å². The van der Waals surface area contributed by atoms with Crippen molar-refractivity contribution < 1.29 is 48.4 Å². The lowest BCUT2D eigenvalue weighted by Crippen LogP contribution is -2.42. The molecule has 0 aliphatic rings. The average molecular weight is 702 g/mol. The van der Waals surface area contributed by atoms with Crippen molar-refractivity contribution in [3.8, 4) is 0 Å². The van der Waals surface area contributed by atoms with Gasteiger partial charge in [-0.25, -0.2) is 4.79 Å². The van der Waals surface area contributed by atoms with Crippen LogP contribution in [0.2, 0.25) is 0 Å². The van der Waals surface area contributed by atoms with E-state index in [1.807, 2.05) is 0 Å². The van der Waals surface area contributed by atoms with E-state index in [4.69, 9.17) is 24.4 Å². The molecule has 2 amide bonds. The summed E-state index contributed by atoms with van der Waals surface area (Å²) < 4.78 is 16.6. The lowest BCUT2D eigenvalue weighted by Gasteiger charge is -2.14. The highest BCUT2D eigenvalue weighted by Gasteiger charge is 2.20. The van der Waals surface area contributed by atoms with Crippen LogP contribution >= 0.6 is 0 Å². The van der Waals surface area contributed by atoms with Crippen molar-refractivity contribution in [1.82, 2.24) is 16.0 Å². The third kappa shape index (κ3) is 36.5. The number of carboxylic acids is 2. The minimum Gasteiger partial charge on any atom is -0.481 e. The Morgan fingerprint density at radius 2 is 1.04 bits per heavy atom. The van der Waals surface area contributed by atoms with Crippen LogP contribution in [0.5, 0.6) is 0 Å². The van der Waals surface area contributed by atoms with E-state index in [2.05, 4.69) is 16.0 Å². The topological polar surface area (TPSA) is 190 Å². The number of carbonyl (C=O) groups excluding carboxylic acids is 3. The van der Waals surface area contributed by atoms with Gasteiger partial charge in [-0.05, 0) is 58.4 Å². The second kappa shape index (κ2) is 35.2. The minimum absolute atomic E-state index is 0.0586. The Morgan fingerprint density at radius 3 is 1.57 bits per heavy atom. The Hall–Kier alpha value is -2.61. The van der Waals surface area contributed by atoms with Crippen molar-refractivity contribution in [2.45, 2.75) is 141 Å². The number of unbranched alkanes of at least 4 members (excludes halogenated alkanes) is 12. The second-order valence-corrected chi connectivity index (χ2v) is 12.6. The van der Waals surface area contributed by atoms with Gasteiger partial charge in [0.25, 0.3) is 0 Å². The van der Waals surface area contributed by atoms with Crippen molar-refractivity contribution >= 4 is 29.5 Å². The summed E-state index contributed by atoms with van der Waals surface area (Å²) in [5.41, 5.74) is 0.